The Labute approximate surface area is 76.4 Å². The molecular weight excluding hydrogens is 179 g/mol. The Bertz CT molecular complexity index is 266. The van der Waals surface area contributed by atoms with E-state index in [1.165, 1.54) is 0 Å². The van der Waals surface area contributed by atoms with Gasteiger partial charge in [-0.3, -0.25) is 0 Å². The highest BCUT2D eigenvalue weighted by Gasteiger charge is 1.94. The summed E-state index contributed by atoms with van der Waals surface area (Å²) in [5.74, 6) is 0. The number of hydrogen-bond donors (Lipinski definition) is 0. The van der Waals surface area contributed by atoms with E-state index in [4.69, 9.17) is 23.2 Å². The minimum absolute atomic E-state index is 0.632. The molecule has 0 spiro atoms. The molecule has 0 aromatic heterocycles. The number of halogens is 2. The summed E-state index contributed by atoms with van der Waals surface area (Å²) >= 11 is 11.4. The molecule has 0 fully saturated rings. The average molecular weight is 187 g/mol. The fourth-order valence-electron chi connectivity index (χ4n) is 0.868. The molecule has 1 rings (SSSR count). The Morgan fingerprint density at radius 2 is 2.18 bits per heavy atom. The molecule has 0 bridgehead atoms. The zero-order valence-corrected chi connectivity index (χ0v) is 7.49. The maximum Gasteiger partial charge on any atom is 0.0408 e. The molecule has 0 nitrogen and oxygen atoms in total. The highest BCUT2D eigenvalue weighted by Crippen LogP contribution is 2.14. The molecule has 11 heavy (non-hydrogen) atoms. The van der Waals surface area contributed by atoms with Crippen molar-refractivity contribution in [3.8, 4) is 0 Å². The molecule has 1 aromatic rings. The van der Waals surface area contributed by atoms with Crippen LogP contribution in [0.3, 0.4) is 0 Å². The molecule has 0 radical (unpaired) electrons. The van der Waals surface area contributed by atoms with Crippen LogP contribution >= 0.6 is 23.2 Å². The van der Waals surface area contributed by atoms with Gasteiger partial charge in [-0.15, -0.1) is 0 Å². The van der Waals surface area contributed by atoms with Crippen molar-refractivity contribution in [3.05, 3.63) is 46.5 Å². The zero-order chi connectivity index (χ0) is 8.27. The topological polar surface area (TPSA) is 0 Å². The first-order chi connectivity index (χ1) is 5.18. The van der Waals surface area contributed by atoms with Crippen LogP contribution in [-0.2, 0) is 6.42 Å². The van der Waals surface area contributed by atoms with Crippen LogP contribution in [0.15, 0.2) is 35.9 Å². The predicted octanol–water partition coefficient (Wildman–Crippen LogP) is 3.64. The van der Waals surface area contributed by atoms with Crippen LogP contribution in [-0.4, -0.2) is 0 Å². The Balaban J connectivity index is 2.79. The maximum absolute atomic E-state index is 5.76. The van der Waals surface area contributed by atoms with E-state index in [1.807, 2.05) is 24.3 Å². The standard InChI is InChI=1S/C9H8Cl2/c1-7(10)5-8-3-2-4-9(11)6-8/h2-4,6H,1,5H2. The Morgan fingerprint density at radius 3 is 2.73 bits per heavy atom. The fourth-order valence-corrected chi connectivity index (χ4v) is 1.24. The summed E-state index contributed by atoms with van der Waals surface area (Å²) in [5, 5.41) is 1.37. The second-order valence-electron chi connectivity index (χ2n) is 2.32. The highest BCUT2D eigenvalue weighted by atomic mass is 35.5. The second kappa shape index (κ2) is 3.80. The van der Waals surface area contributed by atoms with Crippen molar-refractivity contribution >= 4 is 23.2 Å². The summed E-state index contributed by atoms with van der Waals surface area (Å²) in [6.45, 7) is 3.60. The molecule has 2 heteroatoms. The minimum atomic E-state index is 0.632. The monoisotopic (exact) mass is 186 g/mol. The smallest absolute Gasteiger partial charge is 0.0408 e. The van der Waals surface area contributed by atoms with Gasteiger partial charge in [0, 0.05) is 16.5 Å². The number of rotatable bonds is 2. The van der Waals surface area contributed by atoms with Gasteiger partial charge in [0.2, 0.25) is 0 Å². The molecule has 0 aliphatic heterocycles. The van der Waals surface area contributed by atoms with Gasteiger partial charge >= 0.3 is 0 Å². The van der Waals surface area contributed by atoms with Crippen molar-refractivity contribution < 1.29 is 0 Å². The third kappa shape index (κ3) is 2.96. The first-order valence-corrected chi connectivity index (χ1v) is 4.02. The Hall–Kier alpha value is -0.460. The molecule has 0 amide bonds. The SMILES string of the molecule is C=C(Cl)Cc1cccc(Cl)c1. The molecule has 0 saturated heterocycles. The Morgan fingerprint density at radius 1 is 1.45 bits per heavy atom. The third-order valence-corrected chi connectivity index (χ3v) is 1.65. The van der Waals surface area contributed by atoms with E-state index < -0.39 is 0 Å². The summed E-state index contributed by atoms with van der Waals surface area (Å²) in [6, 6.07) is 7.59. The molecule has 0 atom stereocenters. The van der Waals surface area contributed by atoms with Crippen LogP contribution in [0.25, 0.3) is 0 Å². The van der Waals surface area contributed by atoms with E-state index in [0.29, 0.717) is 11.5 Å². The summed E-state index contributed by atoms with van der Waals surface area (Å²) in [5.41, 5.74) is 1.09. The van der Waals surface area contributed by atoms with Gasteiger partial charge in [-0.2, -0.15) is 0 Å². The van der Waals surface area contributed by atoms with Gasteiger partial charge in [-0.25, -0.2) is 0 Å². The predicted molar refractivity (Wildman–Crippen MR) is 50.1 cm³/mol. The molecule has 58 valence electrons. The van der Waals surface area contributed by atoms with Gasteiger partial charge in [-0.05, 0) is 17.7 Å². The van der Waals surface area contributed by atoms with E-state index in [0.717, 1.165) is 10.6 Å². The lowest BCUT2D eigenvalue weighted by Gasteiger charge is -1.98. The van der Waals surface area contributed by atoms with Crippen molar-refractivity contribution in [2.45, 2.75) is 6.42 Å². The van der Waals surface area contributed by atoms with Gasteiger partial charge in [0.15, 0.2) is 0 Å². The molecule has 1 aromatic carbocycles. The van der Waals surface area contributed by atoms with E-state index >= 15 is 0 Å². The summed E-state index contributed by atoms with van der Waals surface area (Å²) in [4.78, 5) is 0. The normalized spacial score (nSPS) is 9.64. The van der Waals surface area contributed by atoms with Crippen molar-refractivity contribution in [1.82, 2.24) is 0 Å². The first kappa shape index (κ1) is 8.63. The van der Waals surface area contributed by atoms with Crippen LogP contribution < -0.4 is 0 Å². The van der Waals surface area contributed by atoms with Crippen LogP contribution in [0, 0.1) is 0 Å². The van der Waals surface area contributed by atoms with Crippen LogP contribution in [0.4, 0.5) is 0 Å². The van der Waals surface area contributed by atoms with Crippen molar-refractivity contribution in [2.24, 2.45) is 0 Å². The molecular formula is C9H8Cl2. The second-order valence-corrected chi connectivity index (χ2v) is 3.29. The maximum atomic E-state index is 5.76. The van der Waals surface area contributed by atoms with Crippen LogP contribution in [0.2, 0.25) is 5.02 Å². The van der Waals surface area contributed by atoms with E-state index in [-0.39, 0.29) is 0 Å². The third-order valence-electron chi connectivity index (χ3n) is 1.28. The molecule has 0 heterocycles. The molecule has 0 saturated carbocycles. The fraction of sp³-hybridized carbons (Fsp3) is 0.111. The van der Waals surface area contributed by atoms with E-state index in [1.54, 1.807) is 0 Å². The number of benzene rings is 1. The molecule has 0 aliphatic rings. The lowest BCUT2D eigenvalue weighted by atomic mass is 10.1. The largest absolute Gasteiger partial charge is 0.0894 e. The molecule has 0 aliphatic carbocycles. The Kier molecular flexibility index (Phi) is 2.98. The van der Waals surface area contributed by atoms with Gasteiger partial charge in [0.05, 0.1) is 0 Å². The lowest BCUT2D eigenvalue weighted by molar-refractivity contribution is 1.25. The summed E-state index contributed by atoms with van der Waals surface area (Å²) in [6.07, 6.45) is 0.683. The zero-order valence-electron chi connectivity index (χ0n) is 5.98. The summed E-state index contributed by atoms with van der Waals surface area (Å²) in [7, 11) is 0. The van der Waals surface area contributed by atoms with Crippen molar-refractivity contribution in [3.63, 3.8) is 0 Å². The number of allylic oxidation sites excluding steroid dienone is 1. The number of hydrogen-bond acceptors (Lipinski definition) is 0. The van der Waals surface area contributed by atoms with Gasteiger partial charge in [-0.1, -0.05) is 41.9 Å². The van der Waals surface area contributed by atoms with Crippen molar-refractivity contribution in [2.75, 3.05) is 0 Å². The van der Waals surface area contributed by atoms with E-state index in [9.17, 15) is 0 Å². The molecule has 0 unspecified atom stereocenters. The summed E-state index contributed by atoms with van der Waals surface area (Å²) < 4.78 is 0. The van der Waals surface area contributed by atoms with Gasteiger partial charge in [0.1, 0.15) is 0 Å². The first-order valence-electron chi connectivity index (χ1n) is 3.26. The quantitative estimate of drug-likeness (QED) is 0.662. The van der Waals surface area contributed by atoms with E-state index in [2.05, 4.69) is 6.58 Å². The lowest BCUT2D eigenvalue weighted by Crippen LogP contribution is -1.82. The highest BCUT2D eigenvalue weighted by molar-refractivity contribution is 6.30. The molecule has 0 N–H and O–H groups in total. The van der Waals surface area contributed by atoms with Crippen LogP contribution in [0.5, 0.6) is 0 Å². The van der Waals surface area contributed by atoms with Gasteiger partial charge in [0.25, 0.3) is 0 Å². The van der Waals surface area contributed by atoms with Crippen molar-refractivity contribution in [1.29, 1.82) is 0 Å². The van der Waals surface area contributed by atoms with Gasteiger partial charge < -0.3 is 0 Å². The van der Waals surface area contributed by atoms with Crippen LogP contribution in [0.1, 0.15) is 5.56 Å². The minimum Gasteiger partial charge on any atom is -0.0894 e. The average Bonchev–Trinajstić information content (AvgIpc) is 1.85.